The minimum absolute atomic E-state index is 0. The zero-order valence-electron chi connectivity index (χ0n) is 15.6. The number of H-pyrrole nitrogens is 1. The number of hydrogen-bond acceptors (Lipinski definition) is 4. The van der Waals surface area contributed by atoms with Crippen molar-refractivity contribution in [1.82, 2.24) is 15.3 Å². The SMILES string of the molecule is COc1ccc(CN=C(N)NCc2nc3c(C)cccc3[nH]2)cc1OC.I. The summed E-state index contributed by atoms with van der Waals surface area (Å²) in [5.74, 6) is 2.53. The Morgan fingerprint density at radius 3 is 2.67 bits per heavy atom. The van der Waals surface area contributed by atoms with Crippen molar-refractivity contribution < 1.29 is 9.47 Å². The number of aromatic amines is 1. The van der Waals surface area contributed by atoms with Gasteiger partial charge in [-0.2, -0.15) is 0 Å². The number of nitrogens with one attached hydrogen (secondary N) is 2. The normalized spacial score (nSPS) is 11.1. The number of benzene rings is 2. The molecule has 0 atom stereocenters. The summed E-state index contributed by atoms with van der Waals surface area (Å²) in [5.41, 5.74) is 10.1. The highest BCUT2D eigenvalue weighted by Crippen LogP contribution is 2.27. The fourth-order valence-electron chi connectivity index (χ4n) is 2.70. The van der Waals surface area contributed by atoms with E-state index in [-0.39, 0.29) is 24.0 Å². The highest BCUT2D eigenvalue weighted by molar-refractivity contribution is 14.0. The number of hydrogen-bond donors (Lipinski definition) is 3. The maximum Gasteiger partial charge on any atom is 0.189 e. The summed E-state index contributed by atoms with van der Waals surface area (Å²) >= 11 is 0. The van der Waals surface area contributed by atoms with Crippen molar-refractivity contribution in [3.8, 4) is 11.5 Å². The van der Waals surface area contributed by atoms with E-state index >= 15 is 0 Å². The van der Waals surface area contributed by atoms with Crippen molar-refractivity contribution in [3.63, 3.8) is 0 Å². The lowest BCUT2D eigenvalue weighted by atomic mass is 10.2. The predicted molar refractivity (Wildman–Crippen MR) is 118 cm³/mol. The van der Waals surface area contributed by atoms with E-state index in [1.165, 1.54) is 0 Å². The molecule has 27 heavy (non-hydrogen) atoms. The molecule has 0 spiro atoms. The number of fused-ring (bicyclic) bond motifs is 1. The molecule has 0 radical (unpaired) electrons. The number of methoxy groups -OCH3 is 2. The molecule has 0 aliphatic heterocycles. The molecule has 1 heterocycles. The summed E-state index contributed by atoms with van der Waals surface area (Å²) in [6.07, 6.45) is 0. The molecule has 4 N–H and O–H groups in total. The molecule has 0 bridgehead atoms. The number of ether oxygens (including phenoxy) is 2. The standard InChI is InChI=1S/C19H23N5O2.HI/c1-12-5-4-6-14-18(12)24-17(23-14)11-22-19(20)21-10-13-7-8-15(25-2)16(9-13)26-3;/h4-9H,10-11H2,1-3H3,(H,23,24)(H3,20,21,22);1H. The fraction of sp³-hybridized carbons (Fsp3) is 0.263. The van der Waals surface area contributed by atoms with E-state index < -0.39 is 0 Å². The van der Waals surface area contributed by atoms with E-state index in [4.69, 9.17) is 15.2 Å². The number of imidazole rings is 1. The van der Waals surface area contributed by atoms with Gasteiger partial charge in [-0.3, -0.25) is 0 Å². The first-order valence-corrected chi connectivity index (χ1v) is 8.29. The number of halogens is 1. The van der Waals surface area contributed by atoms with Gasteiger partial charge < -0.3 is 25.5 Å². The summed E-state index contributed by atoms with van der Waals surface area (Å²) in [5, 5.41) is 3.08. The molecule has 144 valence electrons. The molecular formula is C19H24IN5O2. The summed E-state index contributed by atoms with van der Waals surface area (Å²) in [4.78, 5) is 12.2. The van der Waals surface area contributed by atoms with Gasteiger partial charge in [0.1, 0.15) is 5.82 Å². The Bertz CT molecular complexity index is 939. The molecule has 7 nitrogen and oxygen atoms in total. The monoisotopic (exact) mass is 481 g/mol. The Morgan fingerprint density at radius 1 is 1.19 bits per heavy atom. The van der Waals surface area contributed by atoms with E-state index in [9.17, 15) is 0 Å². The Kier molecular flexibility index (Phi) is 7.28. The highest BCUT2D eigenvalue weighted by Gasteiger charge is 2.06. The minimum atomic E-state index is 0. The van der Waals surface area contributed by atoms with E-state index in [0.29, 0.717) is 30.5 Å². The zero-order valence-corrected chi connectivity index (χ0v) is 17.9. The molecule has 8 heteroatoms. The maximum atomic E-state index is 5.96. The Hall–Kier alpha value is -2.49. The lowest BCUT2D eigenvalue weighted by molar-refractivity contribution is 0.354. The fourth-order valence-corrected chi connectivity index (χ4v) is 2.70. The summed E-state index contributed by atoms with van der Waals surface area (Å²) in [6.45, 7) is 2.97. The Morgan fingerprint density at radius 2 is 1.96 bits per heavy atom. The van der Waals surface area contributed by atoms with Crippen molar-refractivity contribution in [2.24, 2.45) is 10.7 Å². The van der Waals surface area contributed by atoms with Gasteiger partial charge in [0, 0.05) is 0 Å². The average Bonchev–Trinajstić information content (AvgIpc) is 3.09. The molecule has 0 fully saturated rings. The maximum absolute atomic E-state index is 5.96. The number of nitrogens with zero attached hydrogens (tertiary/aromatic N) is 2. The van der Waals surface area contributed by atoms with E-state index in [1.807, 2.05) is 43.3 Å². The van der Waals surface area contributed by atoms with Crippen LogP contribution in [0.25, 0.3) is 11.0 Å². The van der Waals surface area contributed by atoms with Crippen LogP contribution in [0.1, 0.15) is 17.0 Å². The van der Waals surface area contributed by atoms with Gasteiger partial charge >= 0.3 is 0 Å². The van der Waals surface area contributed by atoms with Gasteiger partial charge in [0.2, 0.25) is 0 Å². The van der Waals surface area contributed by atoms with Crippen LogP contribution >= 0.6 is 24.0 Å². The second-order valence-corrected chi connectivity index (χ2v) is 5.90. The number of guanidine groups is 1. The van der Waals surface area contributed by atoms with Crippen LogP contribution < -0.4 is 20.5 Å². The number of aromatic nitrogens is 2. The Balaban J connectivity index is 0.00000261. The third-order valence-electron chi connectivity index (χ3n) is 4.08. The van der Waals surface area contributed by atoms with Gasteiger partial charge in [-0.25, -0.2) is 9.98 Å². The van der Waals surface area contributed by atoms with Gasteiger partial charge in [0.15, 0.2) is 17.5 Å². The second-order valence-electron chi connectivity index (χ2n) is 5.90. The van der Waals surface area contributed by atoms with Crippen LogP contribution in [0.5, 0.6) is 11.5 Å². The molecule has 0 amide bonds. The van der Waals surface area contributed by atoms with Crippen LogP contribution in [0, 0.1) is 6.92 Å². The molecular weight excluding hydrogens is 457 g/mol. The summed E-state index contributed by atoms with van der Waals surface area (Å²) in [6, 6.07) is 11.7. The van der Waals surface area contributed by atoms with Crippen molar-refractivity contribution in [2.75, 3.05) is 14.2 Å². The van der Waals surface area contributed by atoms with Crippen LogP contribution in [-0.2, 0) is 13.1 Å². The van der Waals surface area contributed by atoms with Gasteiger partial charge in [-0.15, -0.1) is 24.0 Å². The van der Waals surface area contributed by atoms with Crippen LogP contribution in [-0.4, -0.2) is 30.1 Å². The molecule has 0 unspecified atom stereocenters. The van der Waals surface area contributed by atoms with Gasteiger partial charge in [0.05, 0.1) is 38.3 Å². The number of para-hydroxylation sites is 1. The quantitative estimate of drug-likeness (QED) is 0.286. The second kappa shape index (κ2) is 9.45. The number of rotatable bonds is 6. The van der Waals surface area contributed by atoms with Crippen LogP contribution in [0.3, 0.4) is 0 Å². The molecule has 3 aromatic rings. The van der Waals surface area contributed by atoms with E-state index in [0.717, 1.165) is 28.0 Å². The average molecular weight is 481 g/mol. The molecule has 0 aliphatic rings. The lowest BCUT2D eigenvalue weighted by Gasteiger charge is -2.09. The van der Waals surface area contributed by atoms with Crippen molar-refractivity contribution >= 4 is 41.0 Å². The number of aryl methyl sites for hydroxylation is 1. The molecule has 1 aromatic heterocycles. The summed E-state index contributed by atoms with van der Waals surface area (Å²) in [7, 11) is 3.22. The molecule has 2 aromatic carbocycles. The molecule has 3 rings (SSSR count). The highest BCUT2D eigenvalue weighted by atomic mass is 127. The van der Waals surface area contributed by atoms with Crippen molar-refractivity contribution in [3.05, 3.63) is 53.3 Å². The van der Waals surface area contributed by atoms with Crippen molar-refractivity contribution in [2.45, 2.75) is 20.0 Å². The lowest BCUT2D eigenvalue weighted by Crippen LogP contribution is -2.31. The largest absolute Gasteiger partial charge is 0.493 e. The minimum Gasteiger partial charge on any atom is -0.493 e. The van der Waals surface area contributed by atoms with Crippen LogP contribution in [0.15, 0.2) is 41.4 Å². The van der Waals surface area contributed by atoms with Gasteiger partial charge in [-0.1, -0.05) is 18.2 Å². The first-order chi connectivity index (χ1) is 12.6. The first-order valence-electron chi connectivity index (χ1n) is 8.29. The van der Waals surface area contributed by atoms with Crippen LogP contribution in [0.4, 0.5) is 0 Å². The zero-order chi connectivity index (χ0) is 18.5. The predicted octanol–water partition coefficient (Wildman–Crippen LogP) is 3.11. The molecule has 0 saturated heterocycles. The topological polar surface area (TPSA) is 97.5 Å². The Labute approximate surface area is 175 Å². The smallest absolute Gasteiger partial charge is 0.189 e. The molecule has 0 saturated carbocycles. The number of aliphatic imine (C=N–C) groups is 1. The van der Waals surface area contributed by atoms with Crippen molar-refractivity contribution in [1.29, 1.82) is 0 Å². The van der Waals surface area contributed by atoms with Gasteiger partial charge in [-0.05, 0) is 36.2 Å². The molecule has 0 aliphatic carbocycles. The first kappa shape index (κ1) is 20.8. The van der Waals surface area contributed by atoms with E-state index in [2.05, 4.69) is 20.3 Å². The number of nitrogens with two attached hydrogens (primary N) is 1. The summed E-state index contributed by atoms with van der Waals surface area (Å²) < 4.78 is 10.5. The third-order valence-corrected chi connectivity index (χ3v) is 4.08. The van der Waals surface area contributed by atoms with Gasteiger partial charge in [0.25, 0.3) is 0 Å². The van der Waals surface area contributed by atoms with E-state index in [1.54, 1.807) is 14.2 Å². The van der Waals surface area contributed by atoms with Crippen LogP contribution in [0.2, 0.25) is 0 Å². The third kappa shape index (κ3) is 5.03.